The van der Waals surface area contributed by atoms with Gasteiger partial charge in [0.05, 0.1) is 10.9 Å². The van der Waals surface area contributed by atoms with Crippen LogP contribution in [0.2, 0.25) is 0 Å². The number of hydrogen-bond acceptors (Lipinski definition) is 4. The van der Waals surface area contributed by atoms with Crippen molar-refractivity contribution in [2.45, 2.75) is 19.4 Å². The lowest BCUT2D eigenvalue weighted by Crippen LogP contribution is -2.27. The molecule has 2 heterocycles. The van der Waals surface area contributed by atoms with Crippen molar-refractivity contribution in [2.75, 3.05) is 0 Å². The van der Waals surface area contributed by atoms with Gasteiger partial charge in [-0.05, 0) is 32.1 Å². The highest BCUT2D eigenvalue weighted by atomic mass is 16.5. The Morgan fingerprint density at radius 1 is 1.28 bits per heavy atom. The second kappa shape index (κ2) is 3.38. The molecule has 1 aromatic carbocycles. The Morgan fingerprint density at radius 2 is 2.06 bits per heavy atom. The monoisotopic (exact) mass is 244 g/mol. The number of benzene rings is 1. The highest BCUT2D eigenvalue weighted by Crippen LogP contribution is 2.39. The number of phenolic OH excluding ortho intramolecular Hbond substituents is 1. The van der Waals surface area contributed by atoms with Crippen LogP contribution in [0, 0.1) is 0 Å². The Labute approximate surface area is 103 Å². The van der Waals surface area contributed by atoms with E-state index in [0.717, 1.165) is 0 Å². The van der Waals surface area contributed by atoms with E-state index in [1.54, 1.807) is 12.1 Å². The number of phenols is 1. The molecule has 1 N–H and O–H groups in total. The van der Waals surface area contributed by atoms with Crippen LogP contribution in [-0.2, 0) is 0 Å². The fraction of sp³-hybridized carbons (Fsp3) is 0.214. The van der Waals surface area contributed by atoms with Crippen LogP contribution in [0.3, 0.4) is 0 Å². The van der Waals surface area contributed by atoms with Crippen LogP contribution in [0.4, 0.5) is 0 Å². The van der Waals surface area contributed by atoms with Crippen molar-refractivity contribution in [1.29, 1.82) is 0 Å². The minimum atomic E-state index is -0.450. The summed E-state index contributed by atoms with van der Waals surface area (Å²) in [5.74, 6) is 0.556. The quantitative estimate of drug-likeness (QED) is 0.724. The molecule has 1 aliphatic rings. The lowest BCUT2D eigenvalue weighted by atomic mass is 10.0. The summed E-state index contributed by atoms with van der Waals surface area (Å²) in [7, 11) is 0. The molecule has 4 nitrogen and oxygen atoms in total. The maximum atomic E-state index is 11.3. The topological polar surface area (TPSA) is 59.7 Å². The molecule has 92 valence electrons. The molecule has 18 heavy (non-hydrogen) atoms. The van der Waals surface area contributed by atoms with Crippen LogP contribution >= 0.6 is 0 Å². The van der Waals surface area contributed by atoms with Gasteiger partial charge < -0.3 is 14.3 Å². The maximum absolute atomic E-state index is 11.3. The van der Waals surface area contributed by atoms with Crippen LogP contribution in [0.25, 0.3) is 17.0 Å². The van der Waals surface area contributed by atoms with E-state index in [1.807, 2.05) is 26.0 Å². The Kier molecular flexibility index (Phi) is 2.05. The first kappa shape index (κ1) is 10.9. The normalized spacial score (nSPS) is 16.3. The number of hydrogen-bond donors (Lipinski definition) is 1. The summed E-state index contributed by atoms with van der Waals surface area (Å²) in [6.07, 6.45) is 3.74. The zero-order valence-electron chi connectivity index (χ0n) is 10.1. The van der Waals surface area contributed by atoms with Crippen molar-refractivity contribution < 1.29 is 14.3 Å². The number of rotatable bonds is 0. The van der Waals surface area contributed by atoms with E-state index < -0.39 is 11.2 Å². The van der Waals surface area contributed by atoms with E-state index in [-0.39, 0.29) is 5.75 Å². The zero-order chi connectivity index (χ0) is 12.9. The first-order chi connectivity index (χ1) is 8.46. The Hall–Kier alpha value is -2.23. The minimum Gasteiger partial charge on any atom is -0.507 e. The third-order valence-corrected chi connectivity index (χ3v) is 2.91. The average molecular weight is 244 g/mol. The van der Waals surface area contributed by atoms with E-state index in [9.17, 15) is 9.90 Å². The van der Waals surface area contributed by atoms with Gasteiger partial charge in [0, 0.05) is 12.1 Å². The molecule has 0 spiro atoms. The SMILES string of the molecule is CC1(C)C=Cc2c(cc(O)c3ccc(=O)oc23)O1. The van der Waals surface area contributed by atoms with Crippen molar-refractivity contribution in [1.82, 2.24) is 0 Å². The molecular weight excluding hydrogens is 232 g/mol. The predicted octanol–water partition coefficient (Wildman–Crippen LogP) is 2.68. The lowest BCUT2D eigenvalue weighted by molar-refractivity contribution is 0.158. The van der Waals surface area contributed by atoms with Gasteiger partial charge in [0.2, 0.25) is 0 Å². The van der Waals surface area contributed by atoms with Crippen LogP contribution < -0.4 is 10.4 Å². The van der Waals surface area contributed by atoms with E-state index in [4.69, 9.17) is 9.15 Å². The van der Waals surface area contributed by atoms with Gasteiger partial charge in [-0.1, -0.05) is 0 Å². The van der Waals surface area contributed by atoms with E-state index in [2.05, 4.69) is 0 Å². The summed E-state index contributed by atoms with van der Waals surface area (Å²) < 4.78 is 10.9. The largest absolute Gasteiger partial charge is 0.507 e. The highest BCUT2D eigenvalue weighted by molar-refractivity contribution is 5.93. The lowest BCUT2D eigenvalue weighted by Gasteiger charge is -2.28. The van der Waals surface area contributed by atoms with Gasteiger partial charge in [0.25, 0.3) is 0 Å². The second-order valence-corrected chi connectivity index (χ2v) is 4.84. The first-order valence-corrected chi connectivity index (χ1v) is 5.64. The van der Waals surface area contributed by atoms with E-state index in [1.165, 1.54) is 6.07 Å². The van der Waals surface area contributed by atoms with Crippen molar-refractivity contribution in [3.8, 4) is 11.5 Å². The van der Waals surface area contributed by atoms with E-state index in [0.29, 0.717) is 22.3 Å². The molecule has 0 bridgehead atoms. The fourth-order valence-corrected chi connectivity index (χ4v) is 2.05. The highest BCUT2D eigenvalue weighted by Gasteiger charge is 2.25. The molecule has 1 aromatic heterocycles. The molecule has 4 heteroatoms. The fourth-order valence-electron chi connectivity index (χ4n) is 2.05. The average Bonchev–Trinajstić information content (AvgIpc) is 2.27. The molecular formula is C14H12O4. The van der Waals surface area contributed by atoms with Gasteiger partial charge in [-0.3, -0.25) is 0 Å². The number of fused-ring (bicyclic) bond motifs is 3. The molecule has 2 aromatic rings. The van der Waals surface area contributed by atoms with Gasteiger partial charge >= 0.3 is 5.63 Å². The molecule has 0 fully saturated rings. The Morgan fingerprint density at radius 3 is 2.83 bits per heavy atom. The Bertz CT molecular complexity index is 722. The minimum absolute atomic E-state index is 0.0404. The molecule has 3 rings (SSSR count). The number of aromatic hydroxyl groups is 1. The second-order valence-electron chi connectivity index (χ2n) is 4.84. The van der Waals surface area contributed by atoms with Gasteiger partial charge in [-0.15, -0.1) is 0 Å². The van der Waals surface area contributed by atoms with E-state index >= 15 is 0 Å². The third kappa shape index (κ3) is 1.57. The van der Waals surface area contributed by atoms with Gasteiger partial charge in [-0.25, -0.2) is 4.79 Å². The predicted molar refractivity (Wildman–Crippen MR) is 67.9 cm³/mol. The smallest absolute Gasteiger partial charge is 0.336 e. The van der Waals surface area contributed by atoms with Crippen LogP contribution in [0.5, 0.6) is 11.5 Å². The van der Waals surface area contributed by atoms with Crippen LogP contribution in [-0.4, -0.2) is 10.7 Å². The van der Waals surface area contributed by atoms with Gasteiger partial charge in [0.15, 0.2) is 5.58 Å². The summed E-state index contributed by atoms with van der Waals surface area (Å²) >= 11 is 0. The number of ether oxygens (including phenoxy) is 1. The van der Waals surface area contributed by atoms with Crippen LogP contribution in [0.15, 0.2) is 33.5 Å². The van der Waals surface area contributed by atoms with Crippen molar-refractivity contribution in [3.63, 3.8) is 0 Å². The van der Waals surface area contributed by atoms with Crippen molar-refractivity contribution >= 4 is 17.0 Å². The molecule has 0 radical (unpaired) electrons. The van der Waals surface area contributed by atoms with Crippen LogP contribution in [0.1, 0.15) is 19.4 Å². The molecule has 0 aliphatic carbocycles. The molecule has 0 unspecified atom stereocenters. The van der Waals surface area contributed by atoms with Crippen molar-refractivity contribution in [2.24, 2.45) is 0 Å². The molecule has 0 atom stereocenters. The summed E-state index contributed by atoms with van der Waals surface area (Å²) in [6, 6.07) is 4.37. The van der Waals surface area contributed by atoms with Gasteiger partial charge in [0.1, 0.15) is 17.1 Å². The molecule has 1 aliphatic heterocycles. The standard InChI is InChI=1S/C14H12O4/c1-14(2)6-5-9-11(18-14)7-10(15)8-3-4-12(16)17-13(8)9/h3-7,15H,1-2H3. The third-order valence-electron chi connectivity index (χ3n) is 2.91. The van der Waals surface area contributed by atoms with Crippen molar-refractivity contribution in [3.05, 3.63) is 40.3 Å². The Balaban J connectivity index is 2.39. The summed E-state index contributed by atoms with van der Waals surface area (Å²) in [5.41, 5.74) is 0.139. The summed E-state index contributed by atoms with van der Waals surface area (Å²) in [5, 5.41) is 10.4. The summed E-state index contributed by atoms with van der Waals surface area (Å²) in [4.78, 5) is 11.3. The zero-order valence-corrected chi connectivity index (χ0v) is 10.1. The first-order valence-electron chi connectivity index (χ1n) is 5.64. The molecule has 0 saturated heterocycles. The molecule has 0 saturated carbocycles. The maximum Gasteiger partial charge on any atom is 0.336 e. The van der Waals surface area contributed by atoms with Gasteiger partial charge in [-0.2, -0.15) is 0 Å². The summed E-state index contributed by atoms with van der Waals surface area (Å²) in [6.45, 7) is 3.82. The molecule has 0 amide bonds.